The van der Waals surface area contributed by atoms with Crippen molar-refractivity contribution >= 4 is 42.6 Å². The monoisotopic (exact) mass is 361 g/mol. The van der Waals surface area contributed by atoms with Gasteiger partial charge in [-0.15, -0.1) is 0 Å². The van der Waals surface area contributed by atoms with Gasteiger partial charge in [0, 0.05) is 13.0 Å². The number of carboxylic acids is 1. The Morgan fingerprint density at radius 3 is 2.33 bits per heavy atom. The van der Waals surface area contributed by atoms with E-state index in [9.17, 15) is 24.0 Å². The topological polar surface area (TPSA) is 142 Å². The molecule has 9 nitrogen and oxygen atoms in total. The van der Waals surface area contributed by atoms with Crippen LogP contribution in [0.4, 0.5) is 0 Å². The molecule has 4 N–H and O–H groups in total. The first kappa shape index (κ1) is 21.9. The molecule has 0 fully saturated rings. The van der Waals surface area contributed by atoms with Crippen LogP contribution in [-0.2, 0) is 24.0 Å². The van der Waals surface area contributed by atoms with Crippen LogP contribution in [0.2, 0.25) is 0 Å². The SMILES string of the molecule is O=CCNC(=O)CNC(=O)CCCCCNC(=O)C(S)CC(=O)O. The molecule has 3 amide bonds. The Morgan fingerprint density at radius 1 is 1.00 bits per heavy atom. The average molecular weight is 361 g/mol. The van der Waals surface area contributed by atoms with Gasteiger partial charge in [-0.1, -0.05) is 6.42 Å². The second kappa shape index (κ2) is 13.3. The van der Waals surface area contributed by atoms with E-state index >= 15 is 0 Å². The summed E-state index contributed by atoms with van der Waals surface area (Å²) in [6, 6.07) is 0. The van der Waals surface area contributed by atoms with Crippen LogP contribution in [-0.4, -0.2) is 60.0 Å². The van der Waals surface area contributed by atoms with Crippen LogP contribution in [0.3, 0.4) is 0 Å². The highest BCUT2D eigenvalue weighted by Crippen LogP contribution is 2.02. The van der Waals surface area contributed by atoms with Gasteiger partial charge in [0.2, 0.25) is 17.7 Å². The number of carboxylic acid groups (broad SMARTS) is 1. The number of hydrogen-bond acceptors (Lipinski definition) is 6. The number of aldehydes is 1. The largest absolute Gasteiger partial charge is 0.481 e. The van der Waals surface area contributed by atoms with Gasteiger partial charge >= 0.3 is 5.97 Å². The molecular weight excluding hydrogens is 338 g/mol. The van der Waals surface area contributed by atoms with Crippen LogP contribution in [0, 0.1) is 0 Å². The van der Waals surface area contributed by atoms with Crippen LogP contribution in [0.5, 0.6) is 0 Å². The van der Waals surface area contributed by atoms with Gasteiger partial charge in [-0.05, 0) is 12.8 Å². The molecule has 24 heavy (non-hydrogen) atoms. The van der Waals surface area contributed by atoms with Crippen molar-refractivity contribution in [1.82, 2.24) is 16.0 Å². The third-order valence-electron chi connectivity index (χ3n) is 2.88. The Labute approximate surface area is 145 Å². The molecule has 10 heteroatoms. The summed E-state index contributed by atoms with van der Waals surface area (Å²) in [6.45, 7) is 0.126. The van der Waals surface area contributed by atoms with Crippen LogP contribution in [0.25, 0.3) is 0 Å². The van der Waals surface area contributed by atoms with Crippen molar-refractivity contribution in [2.45, 2.75) is 37.4 Å². The fourth-order valence-corrected chi connectivity index (χ4v) is 1.91. The lowest BCUT2D eigenvalue weighted by molar-refractivity contribution is -0.138. The molecule has 136 valence electrons. The lowest BCUT2D eigenvalue weighted by Gasteiger charge is -2.09. The van der Waals surface area contributed by atoms with Gasteiger partial charge in [-0.3, -0.25) is 19.2 Å². The summed E-state index contributed by atoms with van der Waals surface area (Å²) in [6.07, 6.45) is 2.40. The van der Waals surface area contributed by atoms with E-state index in [0.717, 1.165) is 0 Å². The Hall–Kier alpha value is -2.10. The van der Waals surface area contributed by atoms with Crippen molar-refractivity contribution in [3.8, 4) is 0 Å². The van der Waals surface area contributed by atoms with Crippen molar-refractivity contribution in [3.05, 3.63) is 0 Å². The first-order chi connectivity index (χ1) is 11.4. The first-order valence-corrected chi connectivity index (χ1v) is 8.03. The summed E-state index contributed by atoms with van der Waals surface area (Å²) in [7, 11) is 0. The lowest BCUT2D eigenvalue weighted by atomic mass is 10.2. The molecule has 0 rings (SSSR count). The number of nitrogens with one attached hydrogen (secondary N) is 3. The predicted octanol–water partition coefficient (Wildman–Crippen LogP) is -1.13. The fraction of sp³-hybridized carbons (Fsp3) is 0.643. The van der Waals surface area contributed by atoms with E-state index in [1.165, 1.54) is 0 Å². The molecule has 0 aliphatic rings. The number of hydrogen-bond donors (Lipinski definition) is 5. The van der Waals surface area contributed by atoms with Crippen LogP contribution in [0.1, 0.15) is 32.1 Å². The van der Waals surface area contributed by atoms with Crippen molar-refractivity contribution < 1.29 is 29.1 Å². The van der Waals surface area contributed by atoms with Gasteiger partial charge in [0.25, 0.3) is 0 Å². The second-order valence-electron chi connectivity index (χ2n) is 4.96. The van der Waals surface area contributed by atoms with Gasteiger partial charge in [-0.2, -0.15) is 12.6 Å². The Bertz CT molecular complexity index is 458. The number of rotatable bonds is 13. The summed E-state index contributed by atoms with van der Waals surface area (Å²) >= 11 is 3.90. The highest BCUT2D eigenvalue weighted by Gasteiger charge is 2.16. The molecule has 0 spiro atoms. The standard InChI is InChI=1S/C14H23N3O6S/c18-7-6-15-12(20)9-17-11(19)4-2-1-3-5-16-14(23)10(24)8-13(21)22/h7,10,24H,1-6,8-9H2,(H,15,20)(H,16,23)(H,17,19)(H,21,22). The zero-order valence-corrected chi connectivity index (χ0v) is 14.1. The molecule has 0 heterocycles. The molecule has 0 aromatic rings. The zero-order chi connectivity index (χ0) is 18.4. The third-order valence-corrected chi connectivity index (χ3v) is 3.30. The average Bonchev–Trinajstić information content (AvgIpc) is 2.53. The van der Waals surface area contributed by atoms with Crippen molar-refractivity contribution in [1.29, 1.82) is 0 Å². The molecule has 0 aliphatic carbocycles. The molecule has 1 atom stereocenters. The minimum atomic E-state index is -1.09. The smallest absolute Gasteiger partial charge is 0.304 e. The fourth-order valence-electron chi connectivity index (χ4n) is 1.66. The number of carbonyl (C=O) groups is 5. The summed E-state index contributed by atoms with van der Waals surface area (Å²) in [4.78, 5) is 54.5. The van der Waals surface area contributed by atoms with Crippen molar-refractivity contribution in [2.75, 3.05) is 19.6 Å². The molecule has 0 bridgehead atoms. The second-order valence-corrected chi connectivity index (χ2v) is 5.59. The quantitative estimate of drug-likeness (QED) is 0.160. The Kier molecular flexibility index (Phi) is 12.2. The van der Waals surface area contributed by atoms with Crippen LogP contribution >= 0.6 is 12.6 Å². The van der Waals surface area contributed by atoms with E-state index in [1.807, 2.05) is 0 Å². The molecule has 0 aromatic heterocycles. The number of aliphatic carboxylic acids is 1. The Balaban J connectivity index is 3.60. The zero-order valence-electron chi connectivity index (χ0n) is 13.2. The van der Waals surface area contributed by atoms with E-state index in [0.29, 0.717) is 32.1 Å². The normalized spacial score (nSPS) is 11.2. The maximum absolute atomic E-state index is 11.5. The third kappa shape index (κ3) is 12.4. The molecule has 0 radical (unpaired) electrons. The van der Waals surface area contributed by atoms with Gasteiger partial charge in [-0.25, -0.2) is 0 Å². The molecule has 0 aromatic carbocycles. The lowest BCUT2D eigenvalue weighted by Crippen LogP contribution is -2.37. The van der Waals surface area contributed by atoms with Crippen molar-refractivity contribution in [2.24, 2.45) is 0 Å². The van der Waals surface area contributed by atoms with Gasteiger partial charge < -0.3 is 25.9 Å². The maximum Gasteiger partial charge on any atom is 0.304 e. The predicted molar refractivity (Wildman–Crippen MR) is 88.6 cm³/mol. The highest BCUT2D eigenvalue weighted by atomic mass is 32.1. The number of unbranched alkanes of at least 4 members (excludes halogenated alkanes) is 2. The van der Waals surface area contributed by atoms with Gasteiger partial charge in [0.15, 0.2) is 0 Å². The first-order valence-electron chi connectivity index (χ1n) is 7.51. The summed E-state index contributed by atoms with van der Waals surface area (Å²) in [5.74, 6) is -2.21. The minimum absolute atomic E-state index is 0.0833. The van der Waals surface area contributed by atoms with E-state index in [-0.39, 0.29) is 31.8 Å². The Morgan fingerprint density at radius 2 is 1.71 bits per heavy atom. The van der Waals surface area contributed by atoms with Gasteiger partial charge in [0.05, 0.1) is 24.8 Å². The van der Waals surface area contributed by atoms with Crippen LogP contribution < -0.4 is 16.0 Å². The minimum Gasteiger partial charge on any atom is -0.481 e. The molecular formula is C14H23N3O6S. The van der Waals surface area contributed by atoms with E-state index < -0.39 is 23.0 Å². The summed E-state index contributed by atoms with van der Waals surface area (Å²) < 4.78 is 0. The molecule has 0 saturated heterocycles. The number of carbonyl (C=O) groups excluding carboxylic acids is 4. The van der Waals surface area contributed by atoms with E-state index in [1.54, 1.807) is 0 Å². The van der Waals surface area contributed by atoms with E-state index in [2.05, 4.69) is 28.6 Å². The van der Waals surface area contributed by atoms with Crippen molar-refractivity contribution in [3.63, 3.8) is 0 Å². The molecule has 1 unspecified atom stereocenters. The van der Waals surface area contributed by atoms with E-state index in [4.69, 9.17) is 5.11 Å². The summed E-state index contributed by atoms with van der Waals surface area (Å²) in [5, 5.41) is 15.0. The number of thiol groups is 1. The molecule has 0 saturated carbocycles. The summed E-state index contributed by atoms with van der Waals surface area (Å²) in [5.41, 5.74) is 0. The highest BCUT2D eigenvalue weighted by molar-refractivity contribution is 7.81. The van der Waals surface area contributed by atoms with Gasteiger partial charge in [0.1, 0.15) is 6.29 Å². The number of amides is 3. The van der Waals surface area contributed by atoms with Crippen LogP contribution in [0.15, 0.2) is 0 Å². The maximum atomic E-state index is 11.5. The molecule has 0 aliphatic heterocycles.